The summed E-state index contributed by atoms with van der Waals surface area (Å²) >= 11 is 1.59. The van der Waals surface area contributed by atoms with E-state index in [1.807, 2.05) is 6.26 Å². The molecule has 1 aliphatic rings. The molecule has 134 valence electrons. The van der Waals surface area contributed by atoms with Crippen molar-refractivity contribution in [2.75, 3.05) is 18.6 Å². The summed E-state index contributed by atoms with van der Waals surface area (Å²) in [6.45, 7) is 2.94. The first kappa shape index (κ1) is 17.2. The summed E-state index contributed by atoms with van der Waals surface area (Å²) in [6, 6.07) is 17.2. The molecule has 3 aromatic rings. The molecule has 0 fully saturated rings. The molecular formula is C22H24N2OS. The Kier molecular flexibility index (Phi) is 4.77. The smallest absolute Gasteiger partial charge is 0.233 e. The highest BCUT2D eigenvalue weighted by Crippen LogP contribution is 2.38. The van der Waals surface area contributed by atoms with Crippen LogP contribution in [0.15, 0.2) is 48.5 Å². The molecule has 1 amide bonds. The third kappa shape index (κ3) is 2.92. The van der Waals surface area contributed by atoms with Gasteiger partial charge < -0.3 is 9.88 Å². The number of thioether (sulfide) groups is 1. The SMILES string of the molecule is CCc1ccc([C@H]2c3[nH]c4ccccc4c3CCN2C(=O)CSC)cc1. The minimum Gasteiger partial charge on any atom is -0.356 e. The second-order valence-corrected chi connectivity index (χ2v) is 7.70. The predicted molar refractivity (Wildman–Crippen MR) is 110 cm³/mol. The summed E-state index contributed by atoms with van der Waals surface area (Å²) in [4.78, 5) is 18.5. The molecule has 1 aromatic heterocycles. The molecule has 0 saturated carbocycles. The van der Waals surface area contributed by atoms with Crippen molar-refractivity contribution in [1.82, 2.24) is 9.88 Å². The predicted octanol–water partition coefficient (Wildman–Crippen LogP) is 4.57. The molecule has 4 rings (SSSR count). The van der Waals surface area contributed by atoms with Crippen molar-refractivity contribution in [2.24, 2.45) is 0 Å². The molecule has 1 aliphatic heterocycles. The fourth-order valence-corrected chi connectivity index (χ4v) is 4.41. The maximum Gasteiger partial charge on any atom is 0.233 e. The lowest BCUT2D eigenvalue weighted by atomic mass is 9.91. The number of aromatic amines is 1. The number of rotatable bonds is 4. The number of fused-ring (bicyclic) bond motifs is 3. The van der Waals surface area contributed by atoms with E-state index < -0.39 is 0 Å². The van der Waals surface area contributed by atoms with Crippen molar-refractivity contribution in [1.29, 1.82) is 0 Å². The maximum absolute atomic E-state index is 12.8. The first-order valence-electron chi connectivity index (χ1n) is 9.19. The average molecular weight is 365 g/mol. The Labute approximate surface area is 158 Å². The maximum atomic E-state index is 12.8. The molecule has 2 heterocycles. The number of aryl methyl sites for hydroxylation is 1. The van der Waals surface area contributed by atoms with Crippen LogP contribution in [0.1, 0.15) is 35.3 Å². The molecule has 0 radical (unpaired) electrons. The molecule has 0 unspecified atom stereocenters. The number of carbonyl (C=O) groups excluding carboxylic acids is 1. The van der Waals surface area contributed by atoms with Crippen LogP contribution in [0.4, 0.5) is 0 Å². The van der Waals surface area contributed by atoms with Gasteiger partial charge in [-0.2, -0.15) is 11.8 Å². The van der Waals surface area contributed by atoms with E-state index in [4.69, 9.17) is 0 Å². The molecule has 0 spiro atoms. The number of hydrogen-bond donors (Lipinski definition) is 1. The highest BCUT2D eigenvalue weighted by atomic mass is 32.2. The van der Waals surface area contributed by atoms with E-state index in [0.717, 1.165) is 24.9 Å². The van der Waals surface area contributed by atoms with Crippen LogP contribution >= 0.6 is 11.8 Å². The number of hydrogen-bond acceptors (Lipinski definition) is 2. The number of nitrogens with one attached hydrogen (secondary N) is 1. The molecule has 1 atom stereocenters. The Balaban J connectivity index is 1.84. The van der Waals surface area contributed by atoms with Crippen molar-refractivity contribution in [3.63, 3.8) is 0 Å². The van der Waals surface area contributed by atoms with E-state index >= 15 is 0 Å². The number of aromatic nitrogens is 1. The van der Waals surface area contributed by atoms with Crippen LogP contribution in [0.2, 0.25) is 0 Å². The number of amides is 1. The van der Waals surface area contributed by atoms with Gasteiger partial charge in [0.15, 0.2) is 0 Å². The molecule has 0 saturated heterocycles. The first-order chi connectivity index (χ1) is 12.7. The number of benzene rings is 2. The Morgan fingerprint density at radius 1 is 1.19 bits per heavy atom. The van der Waals surface area contributed by atoms with E-state index in [0.29, 0.717) is 5.75 Å². The van der Waals surface area contributed by atoms with Gasteiger partial charge in [0.2, 0.25) is 5.91 Å². The number of carbonyl (C=O) groups is 1. The topological polar surface area (TPSA) is 36.1 Å². The highest BCUT2D eigenvalue weighted by molar-refractivity contribution is 7.99. The van der Waals surface area contributed by atoms with Crippen LogP contribution in [-0.2, 0) is 17.6 Å². The monoisotopic (exact) mass is 364 g/mol. The summed E-state index contributed by atoms with van der Waals surface area (Å²) in [6.07, 6.45) is 3.92. The number of para-hydroxylation sites is 1. The second kappa shape index (κ2) is 7.20. The Morgan fingerprint density at radius 3 is 2.69 bits per heavy atom. The standard InChI is InChI=1S/C22H24N2OS/c1-3-15-8-10-16(11-9-15)22-21-18(12-13-24(22)20(25)14-26-2)17-6-4-5-7-19(17)23-21/h4-11,22-23H,3,12-14H2,1-2H3/t22-/m0/s1. The summed E-state index contributed by atoms with van der Waals surface area (Å²) in [5.74, 6) is 0.741. The Hall–Kier alpha value is -2.20. The third-order valence-corrected chi connectivity index (χ3v) is 5.86. The third-order valence-electron chi connectivity index (χ3n) is 5.33. The molecule has 26 heavy (non-hydrogen) atoms. The quantitative estimate of drug-likeness (QED) is 0.736. The lowest BCUT2D eigenvalue weighted by Crippen LogP contribution is -2.41. The average Bonchev–Trinajstić information content (AvgIpc) is 3.06. The fourth-order valence-electron chi connectivity index (χ4n) is 4.00. The van der Waals surface area contributed by atoms with Gasteiger partial charge in [0.1, 0.15) is 0 Å². The van der Waals surface area contributed by atoms with Gasteiger partial charge in [-0.3, -0.25) is 4.79 Å². The van der Waals surface area contributed by atoms with Crippen LogP contribution in [0, 0.1) is 0 Å². The van der Waals surface area contributed by atoms with Crippen LogP contribution in [-0.4, -0.2) is 34.3 Å². The molecule has 2 aromatic carbocycles. The van der Waals surface area contributed by atoms with Gasteiger partial charge in [-0.05, 0) is 41.9 Å². The van der Waals surface area contributed by atoms with Crippen LogP contribution in [0.25, 0.3) is 10.9 Å². The van der Waals surface area contributed by atoms with Crippen molar-refractivity contribution in [2.45, 2.75) is 25.8 Å². The zero-order chi connectivity index (χ0) is 18.1. The molecule has 4 heteroatoms. The van der Waals surface area contributed by atoms with Crippen LogP contribution in [0.3, 0.4) is 0 Å². The number of nitrogens with zero attached hydrogens (tertiary/aromatic N) is 1. The molecule has 0 aliphatic carbocycles. The van der Waals surface area contributed by atoms with Crippen LogP contribution in [0.5, 0.6) is 0 Å². The van der Waals surface area contributed by atoms with Gasteiger partial charge in [-0.15, -0.1) is 0 Å². The van der Waals surface area contributed by atoms with Gasteiger partial charge in [-0.1, -0.05) is 49.4 Å². The normalized spacial score (nSPS) is 16.7. The largest absolute Gasteiger partial charge is 0.356 e. The second-order valence-electron chi connectivity index (χ2n) is 6.83. The summed E-state index contributed by atoms with van der Waals surface area (Å²) < 4.78 is 0. The minimum atomic E-state index is -0.0308. The van der Waals surface area contributed by atoms with E-state index in [1.54, 1.807) is 11.8 Å². The van der Waals surface area contributed by atoms with E-state index in [-0.39, 0.29) is 11.9 Å². The van der Waals surface area contributed by atoms with E-state index in [2.05, 4.69) is 65.3 Å². The summed E-state index contributed by atoms with van der Waals surface area (Å²) in [5, 5.41) is 1.29. The van der Waals surface area contributed by atoms with Crippen molar-refractivity contribution in [3.05, 3.63) is 70.9 Å². The lowest BCUT2D eigenvalue weighted by Gasteiger charge is -2.36. The van der Waals surface area contributed by atoms with Crippen molar-refractivity contribution >= 4 is 28.6 Å². The van der Waals surface area contributed by atoms with Gasteiger partial charge in [-0.25, -0.2) is 0 Å². The molecule has 1 N–H and O–H groups in total. The first-order valence-corrected chi connectivity index (χ1v) is 10.6. The lowest BCUT2D eigenvalue weighted by molar-refractivity contribution is -0.130. The van der Waals surface area contributed by atoms with E-state index in [9.17, 15) is 4.79 Å². The highest BCUT2D eigenvalue weighted by Gasteiger charge is 2.34. The fraction of sp³-hybridized carbons (Fsp3) is 0.318. The Morgan fingerprint density at radius 2 is 1.96 bits per heavy atom. The van der Waals surface area contributed by atoms with Gasteiger partial charge in [0.05, 0.1) is 11.8 Å². The molecular weight excluding hydrogens is 340 g/mol. The zero-order valence-corrected chi connectivity index (χ0v) is 16.1. The van der Waals surface area contributed by atoms with Crippen molar-refractivity contribution in [3.8, 4) is 0 Å². The molecule has 0 bridgehead atoms. The summed E-state index contributed by atoms with van der Waals surface area (Å²) in [5.41, 5.74) is 6.20. The minimum absolute atomic E-state index is 0.0308. The number of H-pyrrole nitrogens is 1. The van der Waals surface area contributed by atoms with Gasteiger partial charge in [0, 0.05) is 23.1 Å². The van der Waals surface area contributed by atoms with Crippen molar-refractivity contribution < 1.29 is 4.79 Å². The van der Waals surface area contributed by atoms with Crippen LogP contribution < -0.4 is 0 Å². The van der Waals surface area contributed by atoms with Gasteiger partial charge in [0.25, 0.3) is 0 Å². The van der Waals surface area contributed by atoms with Gasteiger partial charge >= 0.3 is 0 Å². The van der Waals surface area contributed by atoms with E-state index in [1.165, 1.54) is 27.8 Å². The zero-order valence-electron chi connectivity index (χ0n) is 15.3. The molecule has 3 nitrogen and oxygen atoms in total. The summed E-state index contributed by atoms with van der Waals surface area (Å²) in [7, 11) is 0. The Bertz CT molecular complexity index is 929.